The van der Waals surface area contributed by atoms with Gasteiger partial charge in [0, 0.05) is 29.4 Å². The highest BCUT2D eigenvalue weighted by Crippen LogP contribution is 2.48. The van der Waals surface area contributed by atoms with Crippen LogP contribution in [0.2, 0.25) is 0 Å². The van der Waals surface area contributed by atoms with Crippen molar-refractivity contribution in [2.75, 3.05) is 11.1 Å². The van der Waals surface area contributed by atoms with E-state index in [1.807, 2.05) is 13.8 Å². The number of aromatic amines is 1. The Balaban J connectivity index is 1.94. The number of thioether (sulfide) groups is 1. The molecule has 32 heavy (non-hydrogen) atoms. The van der Waals surface area contributed by atoms with Gasteiger partial charge in [-0.3, -0.25) is 9.59 Å². The topological polar surface area (TPSA) is 74.8 Å². The first-order valence-electron chi connectivity index (χ1n) is 10.1. The van der Waals surface area contributed by atoms with Gasteiger partial charge in [0.2, 0.25) is 0 Å². The van der Waals surface area contributed by atoms with E-state index in [1.165, 1.54) is 23.9 Å². The monoisotopic (exact) mass is 461 g/mol. The number of benzene rings is 1. The molecular weight excluding hydrogens is 439 g/mol. The van der Waals surface area contributed by atoms with Gasteiger partial charge in [-0.2, -0.15) is 13.2 Å². The number of hydrogen-bond donors (Lipinski definition) is 2. The Morgan fingerprint density at radius 1 is 1.28 bits per heavy atom. The van der Waals surface area contributed by atoms with Gasteiger partial charge in [0.25, 0.3) is 5.56 Å². The third kappa shape index (κ3) is 4.13. The third-order valence-electron chi connectivity index (χ3n) is 5.59. The number of rotatable bonds is 4. The van der Waals surface area contributed by atoms with E-state index in [-0.39, 0.29) is 34.6 Å². The summed E-state index contributed by atoms with van der Waals surface area (Å²) >= 11 is 1.28. The molecule has 0 amide bonds. The second kappa shape index (κ2) is 7.95. The first kappa shape index (κ1) is 22.4. The van der Waals surface area contributed by atoms with Crippen molar-refractivity contribution in [1.29, 1.82) is 0 Å². The average Bonchev–Trinajstić information content (AvgIpc) is 2.69. The molecule has 1 aliphatic carbocycles. The molecule has 0 saturated heterocycles. The van der Waals surface area contributed by atoms with Crippen LogP contribution in [-0.4, -0.2) is 21.5 Å². The van der Waals surface area contributed by atoms with Gasteiger partial charge in [0.1, 0.15) is 5.82 Å². The fourth-order valence-electron chi connectivity index (χ4n) is 4.33. The van der Waals surface area contributed by atoms with E-state index in [9.17, 15) is 22.8 Å². The van der Waals surface area contributed by atoms with Crippen molar-refractivity contribution >= 4 is 23.4 Å². The largest absolute Gasteiger partial charge is 0.416 e. The lowest BCUT2D eigenvalue weighted by atomic mass is 9.69. The predicted molar refractivity (Wildman–Crippen MR) is 118 cm³/mol. The normalized spacial score (nSPS) is 19.8. The van der Waals surface area contributed by atoms with E-state index in [1.54, 1.807) is 6.08 Å². The molecule has 5 nitrogen and oxygen atoms in total. The number of nitrogens with one attached hydrogen (secondary N) is 2. The number of H-pyrrole nitrogens is 1. The molecule has 168 valence electrons. The molecule has 9 heteroatoms. The quantitative estimate of drug-likeness (QED) is 0.369. The summed E-state index contributed by atoms with van der Waals surface area (Å²) in [5, 5.41) is 3.52. The number of nitrogens with zero attached hydrogens (tertiary/aromatic N) is 1. The van der Waals surface area contributed by atoms with Gasteiger partial charge in [0.15, 0.2) is 10.9 Å². The molecule has 1 aromatic carbocycles. The smallest absolute Gasteiger partial charge is 0.343 e. The number of hydrogen-bond acceptors (Lipinski definition) is 5. The lowest BCUT2D eigenvalue weighted by Crippen LogP contribution is -2.37. The van der Waals surface area contributed by atoms with E-state index in [0.717, 1.165) is 12.1 Å². The number of halogens is 3. The summed E-state index contributed by atoms with van der Waals surface area (Å²) in [6.45, 7) is 7.57. The lowest BCUT2D eigenvalue weighted by molar-refractivity contribution is -0.137. The summed E-state index contributed by atoms with van der Waals surface area (Å²) < 4.78 is 40.2. The maximum Gasteiger partial charge on any atom is 0.416 e. The second-order valence-corrected chi connectivity index (χ2v) is 9.76. The minimum absolute atomic E-state index is 0.152. The van der Waals surface area contributed by atoms with E-state index in [2.05, 4.69) is 21.9 Å². The van der Waals surface area contributed by atoms with Gasteiger partial charge in [-0.05, 0) is 23.5 Å². The van der Waals surface area contributed by atoms with Gasteiger partial charge in [-0.15, -0.1) is 6.58 Å². The molecule has 0 radical (unpaired) electrons. The highest BCUT2D eigenvalue weighted by molar-refractivity contribution is 7.99. The maximum absolute atomic E-state index is 13.4. The van der Waals surface area contributed by atoms with Crippen molar-refractivity contribution < 1.29 is 18.0 Å². The summed E-state index contributed by atoms with van der Waals surface area (Å²) in [6.07, 6.45) is -2.10. The van der Waals surface area contributed by atoms with Crippen LogP contribution >= 0.6 is 11.8 Å². The number of fused-ring (bicyclic) bond motifs is 1. The van der Waals surface area contributed by atoms with Crippen LogP contribution in [0.4, 0.5) is 19.0 Å². The van der Waals surface area contributed by atoms with Crippen LogP contribution < -0.4 is 10.9 Å². The molecule has 1 aliphatic heterocycles. The number of alkyl halides is 3. The number of Topliss-reactive ketones (excluding diaryl/α,β-unsaturated/α-hetero) is 1. The Morgan fingerprint density at radius 3 is 2.72 bits per heavy atom. The molecule has 2 N–H and O–H groups in total. The first-order chi connectivity index (χ1) is 15.0. The van der Waals surface area contributed by atoms with Gasteiger partial charge < -0.3 is 10.3 Å². The van der Waals surface area contributed by atoms with Crippen molar-refractivity contribution in [3.63, 3.8) is 0 Å². The molecule has 0 fully saturated rings. The second-order valence-electron chi connectivity index (χ2n) is 8.75. The molecule has 1 aromatic heterocycles. The van der Waals surface area contributed by atoms with E-state index in [0.29, 0.717) is 28.6 Å². The Bertz CT molecular complexity index is 1200. The summed E-state index contributed by atoms with van der Waals surface area (Å²) in [4.78, 5) is 33.5. The van der Waals surface area contributed by atoms with Crippen molar-refractivity contribution in [3.8, 4) is 0 Å². The first-order valence-corrected chi connectivity index (χ1v) is 11.1. The Kier molecular flexibility index (Phi) is 5.56. The van der Waals surface area contributed by atoms with Crippen molar-refractivity contribution in [2.24, 2.45) is 5.41 Å². The summed E-state index contributed by atoms with van der Waals surface area (Å²) in [7, 11) is 0. The van der Waals surface area contributed by atoms with Crippen LogP contribution in [0.3, 0.4) is 0 Å². The highest BCUT2D eigenvalue weighted by Gasteiger charge is 2.43. The molecule has 0 saturated carbocycles. The Morgan fingerprint density at radius 2 is 2.03 bits per heavy atom. The van der Waals surface area contributed by atoms with Gasteiger partial charge in [-0.25, -0.2) is 4.98 Å². The minimum Gasteiger partial charge on any atom is -0.343 e. The van der Waals surface area contributed by atoms with Crippen molar-refractivity contribution in [3.05, 3.63) is 75.2 Å². The fourth-order valence-corrected chi connectivity index (χ4v) is 4.92. The fraction of sp³-hybridized carbons (Fsp3) is 0.348. The molecular formula is C23H22F3N3O2S. The molecule has 0 unspecified atom stereocenters. The van der Waals surface area contributed by atoms with Crippen LogP contribution in [0.5, 0.6) is 0 Å². The van der Waals surface area contributed by atoms with Crippen LogP contribution in [0.15, 0.2) is 58.1 Å². The average molecular weight is 462 g/mol. The number of carbonyl (C=O) groups is 1. The third-order valence-corrected chi connectivity index (χ3v) is 6.45. The highest BCUT2D eigenvalue weighted by atomic mass is 32.2. The van der Waals surface area contributed by atoms with Gasteiger partial charge in [0.05, 0.1) is 11.1 Å². The predicted octanol–water partition coefficient (Wildman–Crippen LogP) is 5.27. The molecule has 2 aromatic rings. The number of carbonyl (C=O) groups excluding carboxylic acids is 1. The molecule has 1 atom stereocenters. The summed E-state index contributed by atoms with van der Waals surface area (Å²) in [5.74, 6) is -0.312. The molecule has 2 heterocycles. The zero-order valence-corrected chi connectivity index (χ0v) is 18.4. The van der Waals surface area contributed by atoms with E-state index < -0.39 is 23.2 Å². The zero-order valence-electron chi connectivity index (χ0n) is 17.6. The van der Waals surface area contributed by atoms with Crippen LogP contribution in [0, 0.1) is 5.41 Å². The SMILES string of the molecule is C=CCSc1nc2c(c(=O)[nH]1)[C@@H](c1cccc(C(F)(F)F)c1)C1=C(CC(C)(C)CC1=O)N2. The van der Waals surface area contributed by atoms with Crippen LogP contribution in [0.1, 0.15) is 49.3 Å². The molecule has 4 rings (SSSR count). The number of allylic oxidation sites excluding steroid dienone is 2. The molecule has 2 aliphatic rings. The van der Waals surface area contributed by atoms with Crippen LogP contribution in [-0.2, 0) is 11.0 Å². The van der Waals surface area contributed by atoms with E-state index in [4.69, 9.17) is 0 Å². The zero-order chi connectivity index (χ0) is 23.3. The minimum atomic E-state index is -4.54. The maximum atomic E-state index is 13.4. The van der Waals surface area contributed by atoms with Gasteiger partial charge >= 0.3 is 6.18 Å². The van der Waals surface area contributed by atoms with Crippen molar-refractivity contribution in [2.45, 2.75) is 43.9 Å². The lowest BCUT2D eigenvalue weighted by Gasteiger charge is -2.38. The Labute approximate surface area is 187 Å². The van der Waals surface area contributed by atoms with Crippen LogP contribution in [0.25, 0.3) is 0 Å². The standard InChI is InChI=1S/C23H22F3N3O2S/c1-4-8-32-21-28-19-18(20(31)29-21)16(12-6-5-7-13(9-12)23(24,25)26)17-14(27-19)10-22(2,3)11-15(17)30/h4-7,9,16H,1,8,10-11H2,2-3H3,(H2,27,28,29,31)/t16-/m0/s1. The van der Waals surface area contributed by atoms with Gasteiger partial charge in [-0.1, -0.05) is 49.9 Å². The van der Waals surface area contributed by atoms with Crippen molar-refractivity contribution in [1.82, 2.24) is 9.97 Å². The number of ketones is 1. The number of aromatic nitrogens is 2. The van der Waals surface area contributed by atoms with E-state index >= 15 is 0 Å². The summed E-state index contributed by atoms with van der Waals surface area (Å²) in [6, 6.07) is 4.81. The molecule has 0 spiro atoms. The Hall–Kier alpha value is -2.81. The number of anilines is 1. The summed E-state index contributed by atoms with van der Waals surface area (Å²) in [5.41, 5.74) is -0.292. The molecule has 0 bridgehead atoms.